The van der Waals surface area contributed by atoms with E-state index in [2.05, 4.69) is 40.6 Å². The number of hydrogen-bond donors (Lipinski definition) is 0. The molecule has 0 heterocycles. The smallest absolute Gasteiger partial charge is 0.264 e. The minimum absolute atomic E-state index is 0.00343. The Morgan fingerprint density at radius 3 is 0.917 bits per heavy atom. The SMILES string of the molecule is CS(=O)(=O)OCCOCCOCCOCCOCCOCCOCCOCCOC(c1ccccc1)(c1ccccc1)c1ccccc1. The average Bonchev–Trinajstić information content (AvgIpc) is 3.10. The summed E-state index contributed by atoms with van der Waals surface area (Å²) in [7, 11) is -3.43. The zero-order chi connectivity index (χ0) is 34.0. The van der Waals surface area contributed by atoms with Crippen molar-refractivity contribution in [2.45, 2.75) is 5.60 Å². The maximum absolute atomic E-state index is 10.8. The summed E-state index contributed by atoms with van der Waals surface area (Å²) in [5.41, 5.74) is 2.42. The van der Waals surface area contributed by atoms with Crippen LogP contribution in [0.4, 0.5) is 0 Å². The Kier molecular flexibility index (Phi) is 20.2. The van der Waals surface area contributed by atoms with Gasteiger partial charge in [0.15, 0.2) is 0 Å². The molecule has 0 spiro atoms. The van der Waals surface area contributed by atoms with Crippen LogP contribution in [0.3, 0.4) is 0 Å². The Morgan fingerprint density at radius 1 is 0.396 bits per heavy atom. The Morgan fingerprint density at radius 2 is 0.646 bits per heavy atom. The van der Waals surface area contributed by atoms with Gasteiger partial charge in [0, 0.05) is 0 Å². The van der Waals surface area contributed by atoms with E-state index in [1.807, 2.05) is 54.6 Å². The fourth-order valence-corrected chi connectivity index (χ4v) is 5.06. The molecule has 0 aliphatic rings. The Bertz CT molecular complexity index is 1200. The van der Waals surface area contributed by atoms with Gasteiger partial charge in [-0.15, -0.1) is 0 Å². The number of benzene rings is 3. The number of hydrogen-bond acceptors (Lipinski definition) is 11. The highest BCUT2D eigenvalue weighted by Crippen LogP contribution is 2.40. The van der Waals surface area contributed by atoms with Gasteiger partial charge in [-0.25, -0.2) is 0 Å². The van der Waals surface area contributed by atoms with Gasteiger partial charge >= 0.3 is 0 Å². The molecular weight excluding hydrogens is 640 g/mol. The summed E-state index contributed by atoms with van der Waals surface area (Å²) in [6.07, 6.45) is 0.999. The van der Waals surface area contributed by atoms with Crippen LogP contribution in [0.1, 0.15) is 16.7 Å². The molecule has 0 atom stereocenters. The standard InChI is InChI=1S/C36H50O11S/c1-48(37,38)47-32-30-45-28-26-43-24-22-41-20-18-39-17-19-40-21-23-42-25-27-44-29-31-46-36(33-11-5-2-6-12-33,34-13-7-3-8-14-34)35-15-9-4-10-16-35/h2-16H,17-32H2,1H3. The molecule has 0 amide bonds. The van der Waals surface area contributed by atoms with Crippen molar-refractivity contribution in [1.82, 2.24) is 0 Å². The summed E-state index contributed by atoms with van der Waals surface area (Å²) >= 11 is 0. The van der Waals surface area contributed by atoms with Crippen molar-refractivity contribution in [3.05, 3.63) is 108 Å². The summed E-state index contributed by atoms with van der Waals surface area (Å²) in [4.78, 5) is 0. The van der Waals surface area contributed by atoms with Crippen LogP contribution in [-0.2, 0) is 57.8 Å². The van der Waals surface area contributed by atoms with Gasteiger partial charge < -0.3 is 37.9 Å². The zero-order valence-corrected chi connectivity index (χ0v) is 28.7. The first-order valence-corrected chi connectivity index (χ1v) is 18.0. The third-order valence-corrected chi connectivity index (χ3v) is 7.44. The fourth-order valence-electron chi connectivity index (χ4n) is 4.69. The molecule has 0 saturated heterocycles. The van der Waals surface area contributed by atoms with Crippen molar-refractivity contribution in [2.24, 2.45) is 0 Å². The topological polar surface area (TPSA) is 117 Å². The van der Waals surface area contributed by atoms with Gasteiger partial charge in [-0.05, 0) is 16.7 Å². The van der Waals surface area contributed by atoms with Gasteiger partial charge in [0.25, 0.3) is 10.1 Å². The van der Waals surface area contributed by atoms with E-state index in [1.54, 1.807) is 0 Å². The van der Waals surface area contributed by atoms with Gasteiger partial charge in [0.2, 0.25) is 0 Å². The molecule has 0 fully saturated rings. The Balaban J connectivity index is 1.15. The highest BCUT2D eigenvalue weighted by Gasteiger charge is 2.37. The molecule has 0 N–H and O–H groups in total. The summed E-state index contributed by atoms with van der Waals surface area (Å²) in [6, 6.07) is 30.9. The molecule has 0 bridgehead atoms. The minimum Gasteiger partial charge on any atom is -0.377 e. The van der Waals surface area contributed by atoms with Crippen LogP contribution >= 0.6 is 0 Å². The first-order valence-electron chi connectivity index (χ1n) is 16.2. The maximum atomic E-state index is 10.8. The van der Waals surface area contributed by atoms with Crippen LogP contribution in [0, 0.1) is 0 Å². The fraction of sp³-hybridized carbons (Fsp3) is 0.500. The van der Waals surface area contributed by atoms with E-state index in [0.29, 0.717) is 92.5 Å². The second-order valence-corrected chi connectivity index (χ2v) is 12.1. The summed E-state index contributed by atoms with van der Waals surface area (Å²) in [6.45, 7) is 6.40. The van der Waals surface area contributed by atoms with E-state index in [0.717, 1.165) is 22.9 Å². The molecule has 12 heteroatoms. The summed E-state index contributed by atoms with van der Waals surface area (Å²) < 4.78 is 71.4. The average molecular weight is 691 g/mol. The van der Waals surface area contributed by atoms with Crippen LogP contribution in [0.2, 0.25) is 0 Å². The van der Waals surface area contributed by atoms with Crippen LogP contribution < -0.4 is 0 Å². The van der Waals surface area contributed by atoms with Crippen molar-refractivity contribution in [3.63, 3.8) is 0 Å². The first-order chi connectivity index (χ1) is 23.5. The molecule has 0 aliphatic carbocycles. The maximum Gasteiger partial charge on any atom is 0.264 e. The van der Waals surface area contributed by atoms with Crippen molar-refractivity contribution < 1.29 is 50.5 Å². The second kappa shape index (κ2) is 24.4. The largest absolute Gasteiger partial charge is 0.377 e. The second-order valence-electron chi connectivity index (χ2n) is 10.4. The molecular formula is C36H50O11S. The van der Waals surface area contributed by atoms with Crippen LogP contribution in [0.5, 0.6) is 0 Å². The molecule has 11 nitrogen and oxygen atoms in total. The molecule has 0 saturated carbocycles. The van der Waals surface area contributed by atoms with Gasteiger partial charge in [0.1, 0.15) is 5.60 Å². The molecule has 48 heavy (non-hydrogen) atoms. The van der Waals surface area contributed by atoms with E-state index in [4.69, 9.17) is 37.9 Å². The Labute approximate surface area is 285 Å². The third-order valence-electron chi connectivity index (χ3n) is 6.84. The molecule has 3 aromatic carbocycles. The summed E-state index contributed by atoms with van der Waals surface area (Å²) in [5.74, 6) is 0. The highest BCUT2D eigenvalue weighted by molar-refractivity contribution is 7.85. The van der Waals surface area contributed by atoms with E-state index in [1.165, 1.54) is 0 Å². The predicted molar refractivity (Wildman–Crippen MR) is 182 cm³/mol. The lowest BCUT2D eigenvalue weighted by atomic mass is 9.80. The van der Waals surface area contributed by atoms with E-state index >= 15 is 0 Å². The third kappa shape index (κ3) is 16.1. The van der Waals surface area contributed by atoms with Gasteiger partial charge in [-0.2, -0.15) is 8.42 Å². The van der Waals surface area contributed by atoms with Gasteiger partial charge in [-0.1, -0.05) is 91.0 Å². The Hall–Kier alpha value is -2.75. The monoisotopic (exact) mass is 690 g/mol. The zero-order valence-electron chi connectivity index (χ0n) is 27.9. The lowest BCUT2D eigenvalue weighted by Crippen LogP contribution is -2.34. The van der Waals surface area contributed by atoms with Crippen LogP contribution in [0.15, 0.2) is 91.0 Å². The molecule has 0 aromatic heterocycles. The van der Waals surface area contributed by atoms with Crippen molar-refractivity contribution in [3.8, 4) is 0 Å². The first kappa shape index (κ1) is 39.7. The molecule has 0 unspecified atom stereocenters. The van der Waals surface area contributed by atoms with Crippen molar-refractivity contribution >= 4 is 10.1 Å². The lowest BCUT2D eigenvalue weighted by Gasteiger charge is -2.36. The molecule has 3 rings (SSSR count). The molecule has 3 aromatic rings. The summed E-state index contributed by atoms with van der Waals surface area (Å²) in [5, 5.41) is 0. The van der Waals surface area contributed by atoms with Crippen LogP contribution in [0.25, 0.3) is 0 Å². The molecule has 0 radical (unpaired) electrons. The number of rotatable bonds is 29. The van der Waals surface area contributed by atoms with Crippen molar-refractivity contribution in [2.75, 3.05) is 112 Å². The van der Waals surface area contributed by atoms with Gasteiger partial charge in [0.05, 0.1) is 112 Å². The van der Waals surface area contributed by atoms with E-state index < -0.39 is 15.7 Å². The van der Waals surface area contributed by atoms with Gasteiger partial charge in [-0.3, -0.25) is 4.18 Å². The molecule has 0 aliphatic heterocycles. The van der Waals surface area contributed by atoms with E-state index in [9.17, 15) is 8.42 Å². The minimum atomic E-state index is -3.43. The normalized spacial score (nSPS) is 12.0. The highest BCUT2D eigenvalue weighted by atomic mass is 32.2. The lowest BCUT2D eigenvalue weighted by molar-refractivity contribution is -0.0397. The van der Waals surface area contributed by atoms with Crippen molar-refractivity contribution in [1.29, 1.82) is 0 Å². The molecule has 266 valence electrons. The van der Waals surface area contributed by atoms with Crippen LogP contribution in [-0.4, -0.2) is 120 Å². The quantitative estimate of drug-likeness (QED) is 0.0596. The predicted octanol–water partition coefficient (Wildman–Crippen LogP) is 4.09. The van der Waals surface area contributed by atoms with E-state index in [-0.39, 0.29) is 13.2 Å². The number of ether oxygens (including phenoxy) is 8.